The molecule has 0 amide bonds. The largest absolute Gasteiger partial charge is 0.392 e. The molecule has 2 saturated heterocycles. The average Bonchev–Trinajstić information content (AvgIpc) is 2.53. The van der Waals surface area contributed by atoms with E-state index in [4.69, 9.17) is 4.74 Å². The van der Waals surface area contributed by atoms with Crippen LogP contribution in [0.1, 0.15) is 19.3 Å². The van der Waals surface area contributed by atoms with Crippen molar-refractivity contribution in [1.29, 1.82) is 0 Å². The van der Waals surface area contributed by atoms with E-state index in [-0.39, 0.29) is 6.10 Å². The second-order valence-electron chi connectivity index (χ2n) is 4.26. The number of rotatable bonds is 2. The van der Waals surface area contributed by atoms with Gasteiger partial charge in [0.25, 0.3) is 0 Å². The minimum absolute atomic E-state index is 0.0696. The highest BCUT2D eigenvalue weighted by Gasteiger charge is 2.23. The third-order valence-corrected chi connectivity index (χ3v) is 3.10. The fourth-order valence-electron chi connectivity index (χ4n) is 2.27. The standard InChI is InChI=1S/C10H19NO2/c12-10-1-4-11(8-10)7-9-2-5-13-6-3-9/h9-10,12H,1-8H2/t10-/m0/s1. The fourth-order valence-corrected chi connectivity index (χ4v) is 2.27. The Hall–Kier alpha value is -0.120. The quantitative estimate of drug-likeness (QED) is 0.679. The van der Waals surface area contributed by atoms with Gasteiger partial charge >= 0.3 is 0 Å². The van der Waals surface area contributed by atoms with Crippen molar-refractivity contribution in [2.45, 2.75) is 25.4 Å². The first-order chi connectivity index (χ1) is 6.34. The molecular formula is C10H19NO2. The zero-order valence-corrected chi connectivity index (χ0v) is 8.11. The lowest BCUT2D eigenvalue weighted by molar-refractivity contribution is 0.0538. The van der Waals surface area contributed by atoms with Gasteiger partial charge in [-0.1, -0.05) is 0 Å². The third-order valence-electron chi connectivity index (χ3n) is 3.10. The van der Waals surface area contributed by atoms with Gasteiger partial charge in [-0.3, -0.25) is 0 Å². The lowest BCUT2D eigenvalue weighted by Gasteiger charge is -2.26. The lowest BCUT2D eigenvalue weighted by atomic mass is 10.00. The van der Waals surface area contributed by atoms with Crippen LogP contribution in [0.4, 0.5) is 0 Å². The van der Waals surface area contributed by atoms with E-state index in [9.17, 15) is 5.11 Å². The molecule has 13 heavy (non-hydrogen) atoms. The van der Waals surface area contributed by atoms with Crippen molar-refractivity contribution in [3.8, 4) is 0 Å². The van der Waals surface area contributed by atoms with Crippen LogP contribution in [0, 0.1) is 5.92 Å². The smallest absolute Gasteiger partial charge is 0.0679 e. The minimum atomic E-state index is -0.0696. The number of ether oxygens (including phenoxy) is 1. The molecule has 2 fully saturated rings. The number of nitrogens with zero attached hydrogens (tertiary/aromatic N) is 1. The summed E-state index contributed by atoms with van der Waals surface area (Å²) in [5.74, 6) is 0.805. The van der Waals surface area contributed by atoms with Crippen molar-refractivity contribution in [2.24, 2.45) is 5.92 Å². The summed E-state index contributed by atoms with van der Waals surface area (Å²) in [6.07, 6.45) is 3.29. The summed E-state index contributed by atoms with van der Waals surface area (Å²) in [7, 11) is 0. The maximum Gasteiger partial charge on any atom is 0.0679 e. The van der Waals surface area contributed by atoms with E-state index in [1.54, 1.807) is 0 Å². The molecule has 0 bridgehead atoms. The second-order valence-corrected chi connectivity index (χ2v) is 4.26. The van der Waals surface area contributed by atoms with Crippen molar-refractivity contribution in [3.05, 3.63) is 0 Å². The van der Waals surface area contributed by atoms with Crippen LogP contribution in [0.15, 0.2) is 0 Å². The Morgan fingerprint density at radius 1 is 1.23 bits per heavy atom. The molecule has 0 aliphatic carbocycles. The van der Waals surface area contributed by atoms with Gasteiger partial charge in [0.15, 0.2) is 0 Å². The summed E-state index contributed by atoms with van der Waals surface area (Å²) in [6, 6.07) is 0. The normalized spacial score (nSPS) is 32.5. The Labute approximate surface area is 79.7 Å². The summed E-state index contributed by atoms with van der Waals surface area (Å²) in [6.45, 7) is 5.00. The molecule has 3 nitrogen and oxygen atoms in total. The van der Waals surface area contributed by atoms with Crippen LogP contribution in [0.25, 0.3) is 0 Å². The Bertz CT molecular complexity index is 154. The molecule has 0 saturated carbocycles. The minimum Gasteiger partial charge on any atom is -0.392 e. The van der Waals surface area contributed by atoms with Crippen LogP contribution < -0.4 is 0 Å². The molecule has 2 heterocycles. The fraction of sp³-hybridized carbons (Fsp3) is 1.00. The molecule has 0 aromatic rings. The van der Waals surface area contributed by atoms with E-state index in [1.165, 1.54) is 19.4 Å². The van der Waals surface area contributed by atoms with Crippen molar-refractivity contribution in [3.63, 3.8) is 0 Å². The van der Waals surface area contributed by atoms with Crippen LogP contribution in [0.5, 0.6) is 0 Å². The first-order valence-electron chi connectivity index (χ1n) is 5.33. The zero-order chi connectivity index (χ0) is 9.10. The van der Waals surface area contributed by atoms with Crippen LogP contribution >= 0.6 is 0 Å². The molecule has 0 radical (unpaired) electrons. The van der Waals surface area contributed by atoms with Crippen molar-refractivity contribution >= 4 is 0 Å². The third kappa shape index (κ3) is 2.66. The molecular weight excluding hydrogens is 166 g/mol. The van der Waals surface area contributed by atoms with Crippen LogP contribution in [0.2, 0.25) is 0 Å². The molecule has 2 aliphatic rings. The molecule has 1 N–H and O–H groups in total. The van der Waals surface area contributed by atoms with Gasteiger partial charge in [0, 0.05) is 32.8 Å². The zero-order valence-electron chi connectivity index (χ0n) is 8.11. The summed E-state index contributed by atoms with van der Waals surface area (Å²) >= 11 is 0. The van der Waals surface area contributed by atoms with Gasteiger partial charge in [-0.15, -0.1) is 0 Å². The van der Waals surface area contributed by atoms with Crippen molar-refractivity contribution < 1.29 is 9.84 Å². The van der Waals surface area contributed by atoms with Gasteiger partial charge in [0.05, 0.1) is 6.10 Å². The number of hydrogen-bond donors (Lipinski definition) is 1. The summed E-state index contributed by atoms with van der Waals surface area (Å²) < 4.78 is 5.32. The van der Waals surface area contributed by atoms with Gasteiger partial charge in [-0.2, -0.15) is 0 Å². The van der Waals surface area contributed by atoms with Gasteiger partial charge in [-0.05, 0) is 25.2 Å². The summed E-state index contributed by atoms with van der Waals surface area (Å²) in [4.78, 5) is 2.39. The molecule has 0 aromatic carbocycles. The Morgan fingerprint density at radius 3 is 2.62 bits per heavy atom. The van der Waals surface area contributed by atoms with E-state index in [2.05, 4.69) is 4.90 Å². The molecule has 0 spiro atoms. The van der Waals surface area contributed by atoms with E-state index in [0.717, 1.165) is 38.6 Å². The SMILES string of the molecule is O[C@H]1CCN(CC2CCOCC2)C1. The maximum absolute atomic E-state index is 9.36. The molecule has 0 aromatic heterocycles. The Morgan fingerprint density at radius 2 is 2.00 bits per heavy atom. The predicted molar refractivity (Wildman–Crippen MR) is 50.6 cm³/mol. The number of aliphatic hydroxyl groups excluding tert-OH is 1. The molecule has 1 atom stereocenters. The lowest BCUT2D eigenvalue weighted by Crippen LogP contribution is -2.31. The van der Waals surface area contributed by atoms with E-state index in [1.807, 2.05) is 0 Å². The predicted octanol–water partition coefficient (Wildman–Crippen LogP) is 0.480. The monoisotopic (exact) mass is 185 g/mol. The highest BCUT2D eigenvalue weighted by molar-refractivity contribution is 4.77. The van der Waals surface area contributed by atoms with Crippen LogP contribution in [-0.4, -0.2) is 49.0 Å². The van der Waals surface area contributed by atoms with Crippen LogP contribution in [-0.2, 0) is 4.74 Å². The Balaban J connectivity index is 1.71. The highest BCUT2D eigenvalue weighted by atomic mass is 16.5. The first-order valence-corrected chi connectivity index (χ1v) is 5.33. The summed E-state index contributed by atoms with van der Waals surface area (Å²) in [5.41, 5.74) is 0. The number of aliphatic hydroxyl groups is 1. The molecule has 2 rings (SSSR count). The molecule has 3 heteroatoms. The van der Waals surface area contributed by atoms with E-state index in [0.29, 0.717) is 0 Å². The number of likely N-dealkylation sites (tertiary alicyclic amines) is 1. The van der Waals surface area contributed by atoms with Crippen LogP contribution in [0.3, 0.4) is 0 Å². The first kappa shape index (κ1) is 9.44. The maximum atomic E-state index is 9.36. The van der Waals surface area contributed by atoms with Gasteiger partial charge in [0.2, 0.25) is 0 Å². The molecule has 0 unspecified atom stereocenters. The van der Waals surface area contributed by atoms with E-state index < -0.39 is 0 Å². The number of β-amino-alcohol motifs (C(OH)–C–C–N with tert-alkyl or cyclic N) is 1. The summed E-state index contributed by atoms with van der Waals surface area (Å²) in [5, 5.41) is 9.36. The van der Waals surface area contributed by atoms with Gasteiger partial charge in [-0.25, -0.2) is 0 Å². The van der Waals surface area contributed by atoms with Gasteiger partial charge < -0.3 is 14.7 Å². The topological polar surface area (TPSA) is 32.7 Å². The van der Waals surface area contributed by atoms with Crippen molar-refractivity contribution in [2.75, 3.05) is 32.8 Å². The molecule has 76 valence electrons. The second kappa shape index (κ2) is 4.40. The molecule has 2 aliphatic heterocycles. The Kier molecular flexibility index (Phi) is 3.19. The highest BCUT2D eigenvalue weighted by Crippen LogP contribution is 2.18. The van der Waals surface area contributed by atoms with Gasteiger partial charge in [0.1, 0.15) is 0 Å². The average molecular weight is 185 g/mol. The van der Waals surface area contributed by atoms with E-state index >= 15 is 0 Å². The van der Waals surface area contributed by atoms with Crippen molar-refractivity contribution in [1.82, 2.24) is 4.90 Å². The number of hydrogen-bond acceptors (Lipinski definition) is 3.